The first-order valence-electron chi connectivity index (χ1n) is 8.63. The second kappa shape index (κ2) is 7.00. The van der Waals surface area contributed by atoms with Gasteiger partial charge in [-0.25, -0.2) is 8.42 Å². The van der Waals surface area contributed by atoms with Gasteiger partial charge in [0.25, 0.3) is 0 Å². The third kappa shape index (κ3) is 3.48. The minimum Gasteiger partial charge on any atom is -0.364 e. The molecule has 26 heavy (non-hydrogen) atoms. The highest BCUT2D eigenvalue weighted by molar-refractivity contribution is 7.90. The first-order valence-corrected chi connectivity index (χ1v) is 10.7. The molecule has 2 atom stereocenters. The Morgan fingerprint density at radius 2 is 2.00 bits per heavy atom. The van der Waals surface area contributed by atoms with Crippen molar-refractivity contribution in [2.75, 3.05) is 38.8 Å². The number of sulfone groups is 1. The van der Waals surface area contributed by atoms with Crippen molar-refractivity contribution in [2.45, 2.75) is 24.5 Å². The second-order valence-electron chi connectivity index (χ2n) is 7.01. The number of piperidine rings is 1. The van der Waals surface area contributed by atoms with Crippen LogP contribution in [-0.2, 0) is 29.7 Å². The first-order chi connectivity index (χ1) is 12.2. The molecular weight excluding hydrogens is 356 g/mol. The molecule has 8 heteroatoms. The summed E-state index contributed by atoms with van der Waals surface area (Å²) in [5.41, 5.74) is 0.383. The summed E-state index contributed by atoms with van der Waals surface area (Å²) in [5, 5.41) is 0. The van der Waals surface area contributed by atoms with E-state index in [0.29, 0.717) is 19.5 Å². The van der Waals surface area contributed by atoms with E-state index in [4.69, 9.17) is 4.74 Å². The summed E-state index contributed by atoms with van der Waals surface area (Å²) in [6.45, 7) is 0.783. The number of rotatable bonds is 4. The van der Waals surface area contributed by atoms with Gasteiger partial charge < -0.3 is 14.5 Å². The Kier molecular flexibility index (Phi) is 5.07. The summed E-state index contributed by atoms with van der Waals surface area (Å²) >= 11 is 0. The first kappa shape index (κ1) is 18.8. The number of ether oxygens (including phenoxy) is 1. The average Bonchev–Trinajstić information content (AvgIpc) is 2.62. The number of nitrogens with zero attached hydrogens (tertiary/aromatic N) is 2. The van der Waals surface area contributed by atoms with Crippen molar-refractivity contribution in [1.82, 2.24) is 9.80 Å². The predicted octanol–water partition coefficient (Wildman–Crippen LogP) is 0.406. The predicted molar refractivity (Wildman–Crippen MR) is 96.2 cm³/mol. The normalized spacial score (nSPS) is 26.5. The van der Waals surface area contributed by atoms with E-state index in [1.54, 1.807) is 16.8 Å². The van der Waals surface area contributed by atoms with Crippen LogP contribution in [0.25, 0.3) is 0 Å². The molecule has 0 spiro atoms. The number of hydrogen-bond acceptors (Lipinski definition) is 5. The third-order valence-electron chi connectivity index (χ3n) is 5.38. The van der Waals surface area contributed by atoms with Crippen LogP contribution in [0.2, 0.25) is 0 Å². The molecule has 0 unspecified atom stereocenters. The molecule has 0 N–H and O–H groups in total. The van der Waals surface area contributed by atoms with Crippen LogP contribution in [0.15, 0.2) is 30.3 Å². The molecule has 3 rings (SSSR count). The molecule has 2 saturated heterocycles. The number of hydrogen-bond donors (Lipinski definition) is 0. The van der Waals surface area contributed by atoms with E-state index in [1.165, 1.54) is 0 Å². The maximum absolute atomic E-state index is 12.4. The number of likely N-dealkylation sites (tertiary alicyclic amines) is 1. The highest BCUT2D eigenvalue weighted by Gasteiger charge is 2.53. The number of amides is 2. The van der Waals surface area contributed by atoms with Crippen LogP contribution in [0.5, 0.6) is 0 Å². The molecule has 2 amide bonds. The molecule has 1 aromatic rings. The van der Waals surface area contributed by atoms with Crippen molar-refractivity contribution < 1.29 is 22.7 Å². The fourth-order valence-electron chi connectivity index (χ4n) is 3.88. The summed E-state index contributed by atoms with van der Waals surface area (Å²) < 4.78 is 28.5. The zero-order valence-electron chi connectivity index (χ0n) is 15.1. The molecule has 2 heterocycles. The van der Waals surface area contributed by atoms with E-state index < -0.39 is 15.4 Å². The van der Waals surface area contributed by atoms with E-state index in [1.807, 2.05) is 30.3 Å². The van der Waals surface area contributed by atoms with Gasteiger partial charge in [0.1, 0.15) is 22.5 Å². The minimum atomic E-state index is -3.18. The third-order valence-corrected chi connectivity index (χ3v) is 6.32. The molecule has 0 aromatic heterocycles. The van der Waals surface area contributed by atoms with E-state index in [-0.39, 0.29) is 36.7 Å². The van der Waals surface area contributed by atoms with Crippen molar-refractivity contribution in [1.29, 1.82) is 0 Å². The number of fused-ring (bicyclic) bond motifs is 1. The highest BCUT2D eigenvalue weighted by atomic mass is 32.2. The van der Waals surface area contributed by atoms with Gasteiger partial charge >= 0.3 is 0 Å². The molecule has 142 valence electrons. The van der Waals surface area contributed by atoms with Crippen LogP contribution in [-0.4, -0.2) is 74.9 Å². The van der Waals surface area contributed by atoms with Crippen LogP contribution < -0.4 is 0 Å². The summed E-state index contributed by atoms with van der Waals surface area (Å²) in [6, 6.07) is 9.74. The van der Waals surface area contributed by atoms with Crippen molar-refractivity contribution in [3.8, 4) is 0 Å². The van der Waals surface area contributed by atoms with Crippen molar-refractivity contribution in [3.63, 3.8) is 0 Å². The molecule has 2 aliphatic rings. The van der Waals surface area contributed by atoms with E-state index >= 15 is 0 Å². The lowest BCUT2D eigenvalue weighted by Gasteiger charge is -2.54. The summed E-state index contributed by atoms with van der Waals surface area (Å²) in [7, 11) is -1.40. The van der Waals surface area contributed by atoms with E-state index in [9.17, 15) is 18.0 Å². The van der Waals surface area contributed by atoms with E-state index in [0.717, 1.165) is 11.8 Å². The number of benzene rings is 1. The van der Waals surface area contributed by atoms with Crippen LogP contribution in [0, 0.1) is 0 Å². The summed E-state index contributed by atoms with van der Waals surface area (Å²) in [6.07, 6.45) is 1.30. The molecule has 0 radical (unpaired) electrons. The Balaban J connectivity index is 1.83. The van der Waals surface area contributed by atoms with Crippen LogP contribution in [0.4, 0.5) is 0 Å². The molecule has 0 bridgehead atoms. The van der Waals surface area contributed by atoms with Gasteiger partial charge in [0, 0.05) is 32.8 Å². The van der Waals surface area contributed by atoms with Gasteiger partial charge in [-0.1, -0.05) is 30.3 Å². The Morgan fingerprint density at radius 3 is 2.65 bits per heavy atom. The molecule has 1 aromatic carbocycles. The van der Waals surface area contributed by atoms with Gasteiger partial charge in [-0.05, 0) is 12.0 Å². The Hall–Kier alpha value is -1.93. The van der Waals surface area contributed by atoms with Crippen molar-refractivity contribution in [2.24, 2.45) is 0 Å². The standard InChI is InChI=1S/C18H24N2O5S/c1-19-17(22)13-25-15-12-20(16(21)8-11-26(2,23)24)10-9-18(15,19)14-6-4-3-5-7-14/h3-7,15H,8-13H2,1-2H3/t15-,18+/m1/s1. The van der Waals surface area contributed by atoms with E-state index in [2.05, 4.69) is 0 Å². The lowest BCUT2D eigenvalue weighted by molar-refractivity contribution is -0.184. The molecule has 0 saturated carbocycles. The monoisotopic (exact) mass is 380 g/mol. The molecule has 2 fully saturated rings. The lowest BCUT2D eigenvalue weighted by atomic mass is 9.76. The van der Waals surface area contributed by atoms with Crippen LogP contribution in [0.1, 0.15) is 18.4 Å². The van der Waals surface area contributed by atoms with Crippen LogP contribution >= 0.6 is 0 Å². The SMILES string of the molecule is CN1C(=O)CO[C@@H]2CN(C(=O)CCS(C)(=O)=O)CC[C@]21c1ccccc1. The Morgan fingerprint density at radius 1 is 1.31 bits per heavy atom. The molecule has 0 aliphatic carbocycles. The summed E-state index contributed by atoms with van der Waals surface area (Å²) in [4.78, 5) is 28.1. The van der Waals surface area contributed by atoms with Crippen molar-refractivity contribution >= 4 is 21.7 Å². The fraction of sp³-hybridized carbons (Fsp3) is 0.556. The largest absolute Gasteiger partial charge is 0.364 e. The number of morpholine rings is 1. The molecular formula is C18H24N2O5S. The Bertz CT molecular complexity index is 795. The zero-order valence-corrected chi connectivity index (χ0v) is 15.9. The van der Waals surface area contributed by atoms with Gasteiger partial charge in [0.05, 0.1) is 11.3 Å². The average molecular weight is 380 g/mol. The molecule has 2 aliphatic heterocycles. The number of likely N-dealkylation sites (N-methyl/N-ethyl adjacent to an activating group) is 1. The minimum absolute atomic E-state index is 0.0128. The van der Waals surface area contributed by atoms with Crippen LogP contribution in [0.3, 0.4) is 0 Å². The van der Waals surface area contributed by atoms with Gasteiger partial charge in [0.2, 0.25) is 11.8 Å². The quantitative estimate of drug-likeness (QED) is 0.755. The number of carbonyl (C=O) groups is 2. The second-order valence-corrected chi connectivity index (χ2v) is 9.27. The van der Waals surface area contributed by atoms with Gasteiger partial charge in [0.15, 0.2) is 0 Å². The molecule has 7 nitrogen and oxygen atoms in total. The maximum atomic E-state index is 12.4. The Labute approximate surface area is 153 Å². The lowest BCUT2D eigenvalue weighted by Crippen LogP contribution is -2.67. The number of carbonyl (C=O) groups excluding carboxylic acids is 2. The van der Waals surface area contributed by atoms with Gasteiger partial charge in [-0.3, -0.25) is 9.59 Å². The highest BCUT2D eigenvalue weighted by Crippen LogP contribution is 2.42. The summed E-state index contributed by atoms with van der Waals surface area (Å²) in [5.74, 6) is -0.432. The zero-order chi connectivity index (χ0) is 18.9. The fourth-order valence-corrected chi connectivity index (χ4v) is 4.43. The maximum Gasteiger partial charge on any atom is 0.249 e. The van der Waals surface area contributed by atoms with Crippen molar-refractivity contribution in [3.05, 3.63) is 35.9 Å². The topological polar surface area (TPSA) is 84.0 Å². The smallest absolute Gasteiger partial charge is 0.249 e. The van der Waals surface area contributed by atoms with Gasteiger partial charge in [-0.15, -0.1) is 0 Å². The van der Waals surface area contributed by atoms with Gasteiger partial charge in [-0.2, -0.15) is 0 Å².